The Bertz CT molecular complexity index is 677. The molecular weight excluding hydrogens is 326 g/mol. The molecule has 1 N–H and O–H groups in total. The number of hydrogen-bond acceptors (Lipinski definition) is 4. The van der Waals surface area contributed by atoms with Crippen molar-refractivity contribution >= 4 is 5.97 Å². The molecule has 0 aliphatic carbocycles. The Morgan fingerprint density at radius 2 is 1.62 bits per heavy atom. The van der Waals surface area contributed by atoms with Crippen LogP contribution in [0.4, 0.5) is 0 Å². The Morgan fingerprint density at radius 3 is 2.12 bits per heavy atom. The van der Waals surface area contributed by atoms with Gasteiger partial charge in [-0.15, -0.1) is 0 Å². The molecule has 138 valence electrons. The van der Waals surface area contributed by atoms with Crippen molar-refractivity contribution in [1.82, 2.24) is 4.90 Å². The third-order valence-electron chi connectivity index (χ3n) is 5.34. The minimum absolute atomic E-state index is 0.184. The van der Waals surface area contributed by atoms with Crippen LogP contribution in [-0.2, 0) is 15.1 Å². The van der Waals surface area contributed by atoms with E-state index in [1.165, 1.54) is 6.42 Å². The topological polar surface area (TPSA) is 49.8 Å². The van der Waals surface area contributed by atoms with E-state index in [0.717, 1.165) is 19.4 Å². The van der Waals surface area contributed by atoms with Crippen molar-refractivity contribution < 1.29 is 14.6 Å². The van der Waals surface area contributed by atoms with E-state index in [-0.39, 0.29) is 12.1 Å². The summed E-state index contributed by atoms with van der Waals surface area (Å²) < 4.78 is 5.80. The van der Waals surface area contributed by atoms with E-state index in [4.69, 9.17) is 4.74 Å². The van der Waals surface area contributed by atoms with Crippen molar-refractivity contribution in [2.24, 2.45) is 0 Å². The number of likely N-dealkylation sites (N-methyl/N-ethyl adjacent to an activating group) is 1. The molecule has 1 heterocycles. The van der Waals surface area contributed by atoms with E-state index in [9.17, 15) is 9.90 Å². The van der Waals surface area contributed by atoms with Gasteiger partial charge in [0.2, 0.25) is 5.60 Å². The highest BCUT2D eigenvalue weighted by atomic mass is 16.6. The van der Waals surface area contributed by atoms with Gasteiger partial charge in [-0.25, -0.2) is 4.79 Å². The van der Waals surface area contributed by atoms with Crippen LogP contribution in [-0.4, -0.2) is 41.7 Å². The molecule has 0 amide bonds. The van der Waals surface area contributed by atoms with Gasteiger partial charge < -0.3 is 9.84 Å². The summed E-state index contributed by atoms with van der Waals surface area (Å²) in [4.78, 5) is 15.4. The lowest BCUT2D eigenvalue weighted by Gasteiger charge is -2.37. The van der Waals surface area contributed by atoms with Gasteiger partial charge in [0, 0.05) is 6.04 Å². The minimum Gasteiger partial charge on any atom is -0.458 e. The number of hydrogen-bond donors (Lipinski definition) is 1. The molecule has 1 aliphatic rings. The number of likely N-dealkylation sites (tertiary alicyclic amines) is 1. The largest absolute Gasteiger partial charge is 0.458 e. The van der Waals surface area contributed by atoms with Crippen LogP contribution in [0, 0.1) is 0 Å². The van der Waals surface area contributed by atoms with Crippen LogP contribution in [0.1, 0.15) is 37.3 Å². The lowest BCUT2D eigenvalue weighted by molar-refractivity contribution is -0.170. The molecule has 0 saturated carbocycles. The molecule has 2 aromatic carbocycles. The predicted molar refractivity (Wildman–Crippen MR) is 102 cm³/mol. The van der Waals surface area contributed by atoms with E-state index in [2.05, 4.69) is 11.9 Å². The quantitative estimate of drug-likeness (QED) is 0.838. The zero-order valence-corrected chi connectivity index (χ0v) is 15.5. The van der Waals surface area contributed by atoms with Crippen LogP contribution < -0.4 is 0 Å². The highest BCUT2D eigenvalue weighted by Gasteiger charge is 2.43. The van der Waals surface area contributed by atoms with Crippen LogP contribution in [0.25, 0.3) is 0 Å². The molecule has 1 saturated heterocycles. The van der Waals surface area contributed by atoms with Crippen molar-refractivity contribution in [2.45, 2.75) is 43.9 Å². The summed E-state index contributed by atoms with van der Waals surface area (Å²) in [6.07, 6.45) is 3.02. The monoisotopic (exact) mass is 353 g/mol. The Hall–Kier alpha value is -2.17. The van der Waals surface area contributed by atoms with Gasteiger partial charge in [-0.1, -0.05) is 67.1 Å². The molecule has 2 atom stereocenters. The fraction of sp³-hybridized carbons (Fsp3) is 0.409. The molecule has 26 heavy (non-hydrogen) atoms. The number of benzene rings is 2. The molecule has 2 aromatic rings. The van der Waals surface area contributed by atoms with E-state index in [0.29, 0.717) is 11.1 Å². The standard InChI is InChI=1S/C22H27NO3/c1-17(20-15-9-10-16-23(20)2)26-21(24)22(25,18-11-5-3-6-12-18)19-13-7-4-8-14-19/h3-8,11-14,17,20,25H,9-10,15-16H2,1-2H3/t17-,20-/m1/s1. The van der Waals surface area contributed by atoms with Gasteiger partial charge in [-0.2, -0.15) is 0 Å². The Labute approximate surface area is 155 Å². The third-order valence-corrected chi connectivity index (χ3v) is 5.34. The molecule has 0 spiro atoms. The summed E-state index contributed by atoms with van der Waals surface area (Å²) in [5, 5.41) is 11.4. The van der Waals surface area contributed by atoms with Crippen molar-refractivity contribution in [3.05, 3.63) is 71.8 Å². The zero-order valence-electron chi connectivity index (χ0n) is 15.5. The SMILES string of the molecule is C[C@@H](OC(=O)C(O)(c1ccccc1)c1ccccc1)[C@H]1CCCCN1C. The maximum atomic E-state index is 13.1. The lowest BCUT2D eigenvalue weighted by atomic mass is 9.86. The Morgan fingerprint density at radius 1 is 1.08 bits per heavy atom. The van der Waals surface area contributed by atoms with E-state index < -0.39 is 11.6 Å². The maximum absolute atomic E-state index is 13.1. The smallest absolute Gasteiger partial charge is 0.348 e. The van der Waals surface area contributed by atoms with Gasteiger partial charge in [0.1, 0.15) is 6.10 Å². The van der Waals surface area contributed by atoms with Crippen LogP contribution >= 0.6 is 0 Å². The summed E-state index contributed by atoms with van der Waals surface area (Å²) in [5.74, 6) is -0.624. The molecule has 0 unspecified atom stereocenters. The summed E-state index contributed by atoms with van der Waals surface area (Å²) in [5.41, 5.74) is -0.787. The number of carbonyl (C=O) groups is 1. The van der Waals surface area contributed by atoms with Gasteiger partial charge in [0.15, 0.2) is 0 Å². The highest BCUT2D eigenvalue weighted by molar-refractivity contribution is 5.85. The number of carbonyl (C=O) groups excluding carboxylic acids is 1. The van der Waals surface area contributed by atoms with Gasteiger partial charge in [-0.3, -0.25) is 4.90 Å². The third kappa shape index (κ3) is 3.67. The van der Waals surface area contributed by atoms with Gasteiger partial charge in [-0.05, 0) is 44.5 Å². The molecule has 3 rings (SSSR count). The lowest BCUT2D eigenvalue weighted by Crippen LogP contribution is -2.48. The van der Waals surface area contributed by atoms with Crippen LogP contribution in [0.2, 0.25) is 0 Å². The molecule has 0 radical (unpaired) electrons. The number of piperidine rings is 1. The molecule has 1 aliphatic heterocycles. The number of nitrogens with zero attached hydrogens (tertiary/aromatic N) is 1. The van der Waals surface area contributed by atoms with E-state index >= 15 is 0 Å². The molecule has 1 fully saturated rings. The molecule has 4 nitrogen and oxygen atoms in total. The predicted octanol–water partition coefficient (Wildman–Crippen LogP) is 3.34. The highest BCUT2D eigenvalue weighted by Crippen LogP contribution is 2.32. The summed E-state index contributed by atoms with van der Waals surface area (Å²) in [7, 11) is 2.06. The zero-order chi connectivity index (χ0) is 18.6. The Balaban J connectivity index is 1.89. The van der Waals surface area contributed by atoms with Crippen molar-refractivity contribution in [1.29, 1.82) is 0 Å². The van der Waals surface area contributed by atoms with E-state index in [1.54, 1.807) is 24.3 Å². The second-order valence-corrected chi connectivity index (χ2v) is 7.10. The van der Waals surface area contributed by atoms with Gasteiger partial charge >= 0.3 is 5.97 Å². The second-order valence-electron chi connectivity index (χ2n) is 7.10. The average Bonchev–Trinajstić information content (AvgIpc) is 2.69. The maximum Gasteiger partial charge on any atom is 0.348 e. The Kier molecular flexibility index (Phi) is 5.74. The fourth-order valence-electron chi connectivity index (χ4n) is 3.79. The number of esters is 1. The number of rotatable bonds is 5. The summed E-state index contributed by atoms with van der Waals surface area (Å²) in [6.45, 7) is 2.93. The molecule has 0 aromatic heterocycles. The average molecular weight is 353 g/mol. The van der Waals surface area contributed by atoms with Gasteiger partial charge in [0.25, 0.3) is 0 Å². The first-order valence-corrected chi connectivity index (χ1v) is 9.28. The first-order chi connectivity index (χ1) is 12.5. The van der Waals surface area contributed by atoms with Gasteiger partial charge in [0.05, 0.1) is 0 Å². The molecule has 4 heteroatoms. The normalized spacial score (nSPS) is 19.7. The van der Waals surface area contributed by atoms with Crippen LogP contribution in [0.5, 0.6) is 0 Å². The number of ether oxygens (including phenoxy) is 1. The molecular formula is C22H27NO3. The second kappa shape index (κ2) is 8.02. The molecule has 0 bridgehead atoms. The number of aliphatic hydroxyl groups is 1. The van der Waals surface area contributed by atoms with Crippen LogP contribution in [0.15, 0.2) is 60.7 Å². The summed E-state index contributed by atoms with van der Waals surface area (Å²) >= 11 is 0. The first kappa shape index (κ1) is 18.6. The fourth-order valence-corrected chi connectivity index (χ4v) is 3.79. The van der Waals surface area contributed by atoms with Crippen molar-refractivity contribution in [2.75, 3.05) is 13.6 Å². The van der Waals surface area contributed by atoms with E-state index in [1.807, 2.05) is 43.3 Å². The van der Waals surface area contributed by atoms with Crippen molar-refractivity contribution in [3.8, 4) is 0 Å². The minimum atomic E-state index is -1.82. The summed E-state index contributed by atoms with van der Waals surface area (Å²) in [6, 6.07) is 18.2. The first-order valence-electron chi connectivity index (χ1n) is 9.28. The van der Waals surface area contributed by atoms with Crippen LogP contribution in [0.3, 0.4) is 0 Å². The van der Waals surface area contributed by atoms with Crippen molar-refractivity contribution in [3.63, 3.8) is 0 Å².